The van der Waals surface area contributed by atoms with E-state index >= 15 is 0 Å². The Bertz CT molecular complexity index is 579. The molecule has 3 rings (SSSR count). The van der Waals surface area contributed by atoms with E-state index < -0.39 is 0 Å². The van der Waals surface area contributed by atoms with Gasteiger partial charge in [0, 0.05) is 50.8 Å². The zero-order valence-electron chi connectivity index (χ0n) is 12.0. The zero-order valence-corrected chi connectivity index (χ0v) is 12.0. The van der Waals surface area contributed by atoms with E-state index in [4.69, 9.17) is 0 Å². The number of hydrogen-bond donors (Lipinski definition) is 1. The molecule has 1 N–H and O–H groups in total. The Morgan fingerprint density at radius 2 is 2.25 bits per heavy atom. The van der Waals surface area contributed by atoms with Crippen molar-refractivity contribution in [3.05, 3.63) is 35.9 Å². The summed E-state index contributed by atoms with van der Waals surface area (Å²) in [5.41, 5.74) is 2.24. The molecule has 106 valence electrons. The highest BCUT2D eigenvalue weighted by atomic mass is 15.3. The summed E-state index contributed by atoms with van der Waals surface area (Å²) in [6, 6.07) is 4.41. The molecule has 1 saturated heterocycles. The fourth-order valence-corrected chi connectivity index (χ4v) is 2.58. The van der Waals surface area contributed by atoms with E-state index in [-0.39, 0.29) is 0 Å². The van der Waals surface area contributed by atoms with E-state index in [2.05, 4.69) is 31.3 Å². The lowest BCUT2D eigenvalue weighted by Gasteiger charge is -2.16. The van der Waals surface area contributed by atoms with Crippen molar-refractivity contribution in [3.63, 3.8) is 0 Å². The van der Waals surface area contributed by atoms with Crippen molar-refractivity contribution in [1.29, 1.82) is 0 Å². The van der Waals surface area contributed by atoms with Crippen molar-refractivity contribution in [2.75, 3.05) is 18.4 Å². The van der Waals surface area contributed by atoms with Crippen LogP contribution in [0.3, 0.4) is 0 Å². The molecule has 0 aliphatic carbocycles. The quantitative estimate of drug-likeness (QED) is 0.906. The molecule has 20 heavy (non-hydrogen) atoms. The van der Waals surface area contributed by atoms with Gasteiger partial charge in [0.25, 0.3) is 0 Å². The second-order valence-electron chi connectivity index (χ2n) is 5.33. The molecule has 0 amide bonds. The first-order valence-corrected chi connectivity index (χ1v) is 6.96. The third-order valence-electron chi connectivity index (χ3n) is 3.71. The van der Waals surface area contributed by atoms with Crippen molar-refractivity contribution in [3.8, 4) is 0 Å². The van der Waals surface area contributed by atoms with E-state index in [1.807, 2.05) is 30.9 Å². The summed E-state index contributed by atoms with van der Waals surface area (Å²) in [4.78, 5) is 11.1. The highest BCUT2D eigenvalue weighted by molar-refractivity contribution is 5.27. The van der Waals surface area contributed by atoms with Crippen LogP contribution in [0.1, 0.15) is 17.8 Å². The Balaban J connectivity index is 1.56. The van der Waals surface area contributed by atoms with Crippen molar-refractivity contribution in [2.24, 2.45) is 7.05 Å². The number of nitrogens with one attached hydrogen (secondary N) is 1. The van der Waals surface area contributed by atoms with Gasteiger partial charge in [-0.15, -0.1) is 0 Å². The van der Waals surface area contributed by atoms with Crippen LogP contribution in [0.25, 0.3) is 0 Å². The number of hydrogen-bond acceptors (Lipinski definition) is 5. The third kappa shape index (κ3) is 2.96. The van der Waals surface area contributed by atoms with Crippen LogP contribution in [-0.4, -0.2) is 43.8 Å². The number of anilines is 1. The molecule has 1 aliphatic rings. The molecule has 6 nitrogen and oxygen atoms in total. The topological polar surface area (TPSA) is 58.9 Å². The minimum atomic E-state index is 0.421. The maximum atomic E-state index is 4.40. The molecule has 0 bridgehead atoms. The summed E-state index contributed by atoms with van der Waals surface area (Å²) < 4.78 is 1.93. The van der Waals surface area contributed by atoms with Crippen LogP contribution in [-0.2, 0) is 13.6 Å². The average molecular weight is 272 g/mol. The Morgan fingerprint density at radius 1 is 1.35 bits per heavy atom. The van der Waals surface area contributed by atoms with Crippen molar-refractivity contribution < 1.29 is 0 Å². The molecule has 2 aromatic rings. The fourth-order valence-electron chi connectivity index (χ4n) is 2.58. The Morgan fingerprint density at radius 3 is 3.00 bits per heavy atom. The predicted molar refractivity (Wildman–Crippen MR) is 77.3 cm³/mol. The van der Waals surface area contributed by atoms with E-state index in [1.54, 1.807) is 6.20 Å². The molecule has 1 atom stereocenters. The van der Waals surface area contributed by atoms with Gasteiger partial charge in [-0.1, -0.05) is 0 Å². The molecular formula is C14H20N6. The first-order chi connectivity index (χ1) is 9.70. The van der Waals surface area contributed by atoms with Crippen LogP contribution in [0.15, 0.2) is 24.5 Å². The lowest BCUT2D eigenvalue weighted by Crippen LogP contribution is -2.27. The SMILES string of the molecule is Cc1ccnc(NC2CCN(Cc3ccnn3C)C2)n1. The lowest BCUT2D eigenvalue weighted by atomic mass is 10.3. The highest BCUT2D eigenvalue weighted by Gasteiger charge is 2.23. The fraction of sp³-hybridized carbons (Fsp3) is 0.500. The molecule has 6 heteroatoms. The van der Waals surface area contributed by atoms with Crippen LogP contribution in [0, 0.1) is 6.92 Å². The van der Waals surface area contributed by atoms with Gasteiger partial charge in [-0.2, -0.15) is 5.10 Å². The molecule has 2 aromatic heterocycles. The molecule has 3 heterocycles. The summed E-state index contributed by atoms with van der Waals surface area (Å²) in [7, 11) is 1.99. The van der Waals surface area contributed by atoms with Gasteiger partial charge in [0.1, 0.15) is 0 Å². The second kappa shape index (κ2) is 5.58. The lowest BCUT2D eigenvalue weighted by molar-refractivity contribution is 0.318. The van der Waals surface area contributed by atoms with E-state index in [0.29, 0.717) is 6.04 Å². The van der Waals surface area contributed by atoms with Gasteiger partial charge in [-0.05, 0) is 25.5 Å². The summed E-state index contributed by atoms with van der Waals surface area (Å²) in [6.07, 6.45) is 4.77. The summed E-state index contributed by atoms with van der Waals surface area (Å²) >= 11 is 0. The number of rotatable bonds is 4. The van der Waals surface area contributed by atoms with E-state index in [9.17, 15) is 0 Å². The maximum Gasteiger partial charge on any atom is 0.223 e. The molecule has 1 unspecified atom stereocenters. The van der Waals surface area contributed by atoms with Gasteiger partial charge < -0.3 is 5.32 Å². The molecule has 1 aliphatic heterocycles. The predicted octanol–water partition coefficient (Wildman–Crippen LogP) is 1.20. The number of nitrogens with zero attached hydrogens (tertiary/aromatic N) is 5. The minimum Gasteiger partial charge on any atom is -0.350 e. The normalized spacial score (nSPS) is 19.4. The largest absolute Gasteiger partial charge is 0.350 e. The monoisotopic (exact) mass is 272 g/mol. The number of aromatic nitrogens is 4. The first-order valence-electron chi connectivity index (χ1n) is 6.96. The smallest absolute Gasteiger partial charge is 0.223 e. The molecule has 0 saturated carbocycles. The van der Waals surface area contributed by atoms with Crippen LogP contribution in [0.4, 0.5) is 5.95 Å². The molecule has 1 fully saturated rings. The summed E-state index contributed by atoms with van der Waals surface area (Å²) in [6.45, 7) is 5.04. The third-order valence-corrected chi connectivity index (χ3v) is 3.71. The Labute approximate surface area is 118 Å². The van der Waals surface area contributed by atoms with Gasteiger partial charge in [-0.3, -0.25) is 9.58 Å². The number of aryl methyl sites for hydroxylation is 2. The van der Waals surface area contributed by atoms with E-state index in [0.717, 1.165) is 37.7 Å². The van der Waals surface area contributed by atoms with Gasteiger partial charge >= 0.3 is 0 Å². The molecular weight excluding hydrogens is 252 g/mol. The molecule has 0 spiro atoms. The Kier molecular flexibility index (Phi) is 3.64. The summed E-state index contributed by atoms with van der Waals surface area (Å²) in [5.74, 6) is 0.734. The second-order valence-corrected chi connectivity index (χ2v) is 5.33. The van der Waals surface area contributed by atoms with Gasteiger partial charge in [0.2, 0.25) is 5.95 Å². The van der Waals surface area contributed by atoms with Gasteiger partial charge in [-0.25, -0.2) is 9.97 Å². The average Bonchev–Trinajstić information content (AvgIpc) is 3.01. The molecule has 0 aromatic carbocycles. The standard InChI is InChI=1S/C14H20N6/c1-11-3-6-15-14(17-11)18-12-5-8-20(9-12)10-13-4-7-16-19(13)2/h3-4,6-7,12H,5,8-10H2,1-2H3,(H,15,17,18). The molecule has 0 radical (unpaired) electrons. The maximum absolute atomic E-state index is 4.40. The zero-order chi connectivity index (χ0) is 13.9. The van der Waals surface area contributed by atoms with Crippen molar-refractivity contribution in [2.45, 2.75) is 25.9 Å². The minimum absolute atomic E-state index is 0.421. The first kappa shape index (κ1) is 13.1. The van der Waals surface area contributed by atoms with Gasteiger partial charge in [0.15, 0.2) is 0 Å². The number of likely N-dealkylation sites (tertiary alicyclic amines) is 1. The van der Waals surface area contributed by atoms with E-state index in [1.165, 1.54) is 5.69 Å². The van der Waals surface area contributed by atoms with Crippen LogP contribution < -0.4 is 5.32 Å². The van der Waals surface area contributed by atoms with Crippen LogP contribution in [0.5, 0.6) is 0 Å². The summed E-state index contributed by atoms with van der Waals surface area (Å²) in [5, 5.41) is 7.63. The van der Waals surface area contributed by atoms with Crippen LogP contribution >= 0.6 is 0 Å². The van der Waals surface area contributed by atoms with Gasteiger partial charge in [0.05, 0.1) is 5.69 Å². The van der Waals surface area contributed by atoms with Crippen molar-refractivity contribution >= 4 is 5.95 Å². The van der Waals surface area contributed by atoms with Crippen LogP contribution in [0.2, 0.25) is 0 Å². The Hall–Kier alpha value is -1.95. The highest BCUT2D eigenvalue weighted by Crippen LogP contribution is 2.15. The van der Waals surface area contributed by atoms with Crippen molar-refractivity contribution in [1.82, 2.24) is 24.6 Å².